The molecule has 1 rings (SSSR count). The number of aliphatic hydroxyl groups excluding tert-OH is 2. The van der Waals surface area contributed by atoms with Crippen molar-refractivity contribution < 1.29 is 19.7 Å². The maximum absolute atomic E-state index is 11.2. The Bertz CT molecular complexity index is 386. The molecule has 1 aromatic carbocycles. The van der Waals surface area contributed by atoms with Gasteiger partial charge in [-0.05, 0) is 24.5 Å². The lowest BCUT2D eigenvalue weighted by Gasteiger charge is -2.17. The summed E-state index contributed by atoms with van der Waals surface area (Å²) in [6.45, 7) is 4.08. The Balaban J connectivity index is 2.60. The zero-order valence-corrected chi connectivity index (χ0v) is 11.5. The highest BCUT2D eigenvalue weighted by Gasteiger charge is 2.21. The van der Waals surface area contributed by atoms with Crippen LogP contribution in [0.15, 0.2) is 24.3 Å². The molecule has 106 valence electrons. The topological polar surface area (TPSA) is 66.8 Å². The Labute approximate surface area is 114 Å². The van der Waals surface area contributed by atoms with Crippen molar-refractivity contribution in [3.05, 3.63) is 35.4 Å². The number of hydrogen-bond acceptors (Lipinski definition) is 4. The molecule has 0 saturated carbocycles. The van der Waals surface area contributed by atoms with Crippen molar-refractivity contribution in [3.8, 4) is 0 Å². The molecule has 0 radical (unpaired) electrons. The number of benzene rings is 1. The Morgan fingerprint density at radius 2 is 1.84 bits per heavy atom. The molecule has 0 aromatic heterocycles. The number of esters is 1. The van der Waals surface area contributed by atoms with Crippen molar-refractivity contribution in [2.45, 2.75) is 45.3 Å². The number of carbonyl (C=O) groups is 1. The predicted molar refractivity (Wildman–Crippen MR) is 72.7 cm³/mol. The summed E-state index contributed by atoms with van der Waals surface area (Å²) in [4.78, 5) is 11.2. The maximum Gasteiger partial charge on any atom is 0.308 e. The zero-order valence-electron chi connectivity index (χ0n) is 11.5. The molecular weight excluding hydrogens is 244 g/mol. The number of aryl methyl sites for hydroxylation is 1. The van der Waals surface area contributed by atoms with E-state index in [2.05, 4.69) is 6.92 Å². The summed E-state index contributed by atoms with van der Waals surface area (Å²) in [6, 6.07) is 7.42. The van der Waals surface area contributed by atoms with Gasteiger partial charge < -0.3 is 14.9 Å². The van der Waals surface area contributed by atoms with Crippen LogP contribution < -0.4 is 0 Å². The van der Waals surface area contributed by atoms with Gasteiger partial charge in [0.25, 0.3) is 0 Å². The third kappa shape index (κ3) is 5.01. The molecule has 19 heavy (non-hydrogen) atoms. The number of hydrogen-bond donors (Lipinski definition) is 2. The van der Waals surface area contributed by atoms with Gasteiger partial charge in [-0.1, -0.05) is 37.6 Å². The van der Waals surface area contributed by atoms with Crippen molar-refractivity contribution in [1.29, 1.82) is 0 Å². The SMILES string of the molecule is CCCc1ccc(C(O)C(O)CC(=O)OCC)cc1. The van der Waals surface area contributed by atoms with Crippen molar-refractivity contribution in [2.24, 2.45) is 0 Å². The molecule has 0 aliphatic heterocycles. The number of aliphatic hydroxyl groups is 2. The van der Waals surface area contributed by atoms with Crippen LogP contribution in [0.1, 0.15) is 43.9 Å². The Morgan fingerprint density at radius 1 is 1.21 bits per heavy atom. The minimum absolute atomic E-state index is 0.203. The van der Waals surface area contributed by atoms with Gasteiger partial charge in [0.15, 0.2) is 0 Å². The van der Waals surface area contributed by atoms with Gasteiger partial charge in [0.2, 0.25) is 0 Å². The van der Waals surface area contributed by atoms with Gasteiger partial charge in [0.05, 0.1) is 19.1 Å². The third-order valence-electron chi connectivity index (χ3n) is 2.91. The van der Waals surface area contributed by atoms with E-state index in [0.717, 1.165) is 12.8 Å². The Hall–Kier alpha value is -1.39. The van der Waals surface area contributed by atoms with E-state index in [0.29, 0.717) is 5.56 Å². The van der Waals surface area contributed by atoms with Crippen molar-refractivity contribution >= 4 is 5.97 Å². The van der Waals surface area contributed by atoms with Gasteiger partial charge >= 0.3 is 5.97 Å². The van der Waals surface area contributed by atoms with E-state index in [9.17, 15) is 15.0 Å². The molecule has 4 nitrogen and oxygen atoms in total. The summed E-state index contributed by atoms with van der Waals surface area (Å²) in [5.74, 6) is -0.503. The van der Waals surface area contributed by atoms with Crippen molar-refractivity contribution in [3.63, 3.8) is 0 Å². The standard InChI is InChI=1S/C15H22O4/c1-3-5-11-6-8-12(9-7-11)15(18)13(16)10-14(17)19-4-2/h6-9,13,15-16,18H,3-5,10H2,1-2H3. The molecule has 0 fully saturated rings. The lowest BCUT2D eigenvalue weighted by molar-refractivity contribution is -0.147. The summed E-state index contributed by atoms with van der Waals surface area (Å²) in [7, 11) is 0. The van der Waals surface area contributed by atoms with Crippen LogP contribution in [0.2, 0.25) is 0 Å². The predicted octanol–water partition coefficient (Wildman–Crippen LogP) is 1.99. The fourth-order valence-electron chi connectivity index (χ4n) is 1.89. The first-order valence-corrected chi connectivity index (χ1v) is 6.69. The van der Waals surface area contributed by atoms with Crippen molar-refractivity contribution in [2.75, 3.05) is 6.61 Å². The second kappa shape index (κ2) is 7.92. The van der Waals surface area contributed by atoms with Gasteiger partial charge in [-0.2, -0.15) is 0 Å². The second-order valence-electron chi connectivity index (χ2n) is 4.51. The van der Waals surface area contributed by atoms with Gasteiger partial charge in [0.1, 0.15) is 6.10 Å². The summed E-state index contributed by atoms with van der Waals surface area (Å²) in [5.41, 5.74) is 1.80. The highest BCUT2D eigenvalue weighted by molar-refractivity contribution is 5.70. The lowest BCUT2D eigenvalue weighted by atomic mass is 10.00. The molecule has 0 heterocycles. The quantitative estimate of drug-likeness (QED) is 0.741. The lowest BCUT2D eigenvalue weighted by Crippen LogP contribution is -2.23. The van der Waals surface area contributed by atoms with Crippen LogP contribution >= 0.6 is 0 Å². The highest BCUT2D eigenvalue weighted by atomic mass is 16.5. The molecule has 0 spiro atoms. The molecule has 2 atom stereocenters. The summed E-state index contributed by atoms with van der Waals surface area (Å²) in [5, 5.41) is 19.8. The van der Waals surface area contributed by atoms with E-state index in [1.165, 1.54) is 5.56 Å². The fraction of sp³-hybridized carbons (Fsp3) is 0.533. The molecule has 0 aliphatic carbocycles. The first kappa shape index (κ1) is 15.7. The smallest absolute Gasteiger partial charge is 0.308 e. The second-order valence-corrected chi connectivity index (χ2v) is 4.51. The highest BCUT2D eigenvalue weighted by Crippen LogP contribution is 2.20. The molecular formula is C15H22O4. The molecule has 2 unspecified atom stereocenters. The minimum Gasteiger partial charge on any atom is -0.466 e. The van der Waals surface area contributed by atoms with E-state index >= 15 is 0 Å². The van der Waals surface area contributed by atoms with Gasteiger partial charge in [0, 0.05) is 0 Å². The van der Waals surface area contributed by atoms with E-state index < -0.39 is 18.2 Å². The van der Waals surface area contributed by atoms with Gasteiger partial charge in [-0.15, -0.1) is 0 Å². The normalized spacial score (nSPS) is 13.9. The molecule has 1 aromatic rings. The van der Waals surface area contributed by atoms with Crippen LogP contribution in [0, 0.1) is 0 Å². The van der Waals surface area contributed by atoms with Crippen LogP contribution in [-0.4, -0.2) is 28.9 Å². The monoisotopic (exact) mass is 266 g/mol. The van der Waals surface area contributed by atoms with Gasteiger partial charge in [-0.25, -0.2) is 0 Å². The number of ether oxygens (including phenoxy) is 1. The Kier molecular flexibility index (Phi) is 6.53. The molecule has 4 heteroatoms. The molecule has 0 saturated heterocycles. The minimum atomic E-state index is -1.14. The summed E-state index contributed by atoms with van der Waals surface area (Å²) < 4.78 is 4.74. The molecule has 2 N–H and O–H groups in total. The van der Waals surface area contributed by atoms with E-state index in [-0.39, 0.29) is 13.0 Å². The van der Waals surface area contributed by atoms with E-state index in [1.807, 2.05) is 12.1 Å². The zero-order chi connectivity index (χ0) is 14.3. The molecule has 0 aliphatic rings. The summed E-state index contributed by atoms with van der Waals surface area (Å²) in [6.07, 6.45) is -0.364. The van der Waals surface area contributed by atoms with Crippen LogP contribution in [0.4, 0.5) is 0 Å². The van der Waals surface area contributed by atoms with Crippen LogP contribution in [0.5, 0.6) is 0 Å². The average Bonchev–Trinajstić information content (AvgIpc) is 2.39. The van der Waals surface area contributed by atoms with Crippen LogP contribution in [0.3, 0.4) is 0 Å². The van der Waals surface area contributed by atoms with E-state index in [1.54, 1.807) is 19.1 Å². The van der Waals surface area contributed by atoms with Gasteiger partial charge in [-0.3, -0.25) is 4.79 Å². The first-order chi connectivity index (χ1) is 9.08. The van der Waals surface area contributed by atoms with Crippen molar-refractivity contribution in [1.82, 2.24) is 0 Å². The number of rotatable bonds is 7. The molecule has 0 amide bonds. The Morgan fingerprint density at radius 3 is 2.37 bits per heavy atom. The number of carbonyl (C=O) groups excluding carboxylic acids is 1. The first-order valence-electron chi connectivity index (χ1n) is 6.69. The van der Waals surface area contributed by atoms with Crippen LogP contribution in [0.25, 0.3) is 0 Å². The molecule has 0 bridgehead atoms. The van der Waals surface area contributed by atoms with Crippen LogP contribution in [-0.2, 0) is 16.0 Å². The maximum atomic E-state index is 11.2. The fourth-order valence-corrected chi connectivity index (χ4v) is 1.89. The average molecular weight is 266 g/mol. The third-order valence-corrected chi connectivity index (χ3v) is 2.91. The van der Waals surface area contributed by atoms with E-state index in [4.69, 9.17) is 4.74 Å². The summed E-state index contributed by atoms with van der Waals surface area (Å²) >= 11 is 0. The largest absolute Gasteiger partial charge is 0.466 e.